The van der Waals surface area contributed by atoms with Gasteiger partial charge in [-0.2, -0.15) is 0 Å². The van der Waals surface area contributed by atoms with Gasteiger partial charge in [-0.1, -0.05) is 18.2 Å². The first-order chi connectivity index (χ1) is 5.90. The third kappa shape index (κ3) is 1.36. The van der Waals surface area contributed by atoms with E-state index in [1.807, 2.05) is 12.1 Å². The molecular formula is C10H12O2. The van der Waals surface area contributed by atoms with Gasteiger partial charge in [0.2, 0.25) is 0 Å². The highest BCUT2D eigenvalue weighted by Crippen LogP contribution is 2.18. The molecule has 1 aliphatic rings. The first kappa shape index (κ1) is 7.77. The summed E-state index contributed by atoms with van der Waals surface area (Å²) in [5.74, 6) is 0. The Morgan fingerprint density at radius 2 is 2.25 bits per heavy atom. The van der Waals surface area contributed by atoms with Crippen LogP contribution in [-0.2, 0) is 24.4 Å². The molecule has 2 heteroatoms. The van der Waals surface area contributed by atoms with Crippen LogP contribution in [0.1, 0.15) is 16.7 Å². The summed E-state index contributed by atoms with van der Waals surface area (Å²) in [5.41, 5.74) is 3.56. The van der Waals surface area contributed by atoms with Crippen LogP contribution in [0.15, 0.2) is 18.2 Å². The molecule has 0 saturated carbocycles. The van der Waals surface area contributed by atoms with Crippen molar-refractivity contribution >= 4 is 0 Å². The summed E-state index contributed by atoms with van der Waals surface area (Å²) in [6, 6.07) is 6.09. The fourth-order valence-corrected chi connectivity index (χ4v) is 1.52. The molecule has 0 spiro atoms. The van der Waals surface area contributed by atoms with Gasteiger partial charge in [0.15, 0.2) is 0 Å². The zero-order valence-electron chi connectivity index (χ0n) is 6.92. The van der Waals surface area contributed by atoms with Crippen molar-refractivity contribution in [2.45, 2.75) is 19.6 Å². The van der Waals surface area contributed by atoms with Gasteiger partial charge in [0.1, 0.15) is 0 Å². The number of benzene rings is 1. The van der Waals surface area contributed by atoms with Crippen molar-refractivity contribution < 1.29 is 9.84 Å². The molecule has 0 aliphatic carbocycles. The Labute approximate surface area is 71.8 Å². The monoisotopic (exact) mass is 164 g/mol. The molecule has 0 fully saturated rings. The summed E-state index contributed by atoms with van der Waals surface area (Å²) in [6.07, 6.45) is 1.00. The molecule has 2 rings (SSSR count). The molecule has 0 aromatic heterocycles. The van der Waals surface area contributed by atoms with E-state index in [1.165, 1.54) is 11.1 Å². The van der Waals surface area contributed by atoms with Gasteiger partial charge in [-0.25, -0.2) is 0 Å². The van der Waals surface area contributed by atoms with Crippen molar-refractivity contribution in [2.24, 2.45) is 0 Å². The SMILES string of the molecule is OCc1ccc2c(c1)COCC2. The number of hydrogen-bond acceptors (Lipinski definition) is 2. The van der Waals surface area contributed by atoms with Gasteiger partial charge in [0.25, 0.3) is 0 Å². The second-order valence-corrected chi connectivity index (χ2v) is 3.06. The van der Waals surface area contributed by atoms with Crippen LogP contribution in [-0.4, -0.2) is 11.7 Å². The molecule has 0 unspecified atom stereocenters. The highest BCUT2D eigenvalue weighted by atomic mass is 16.5. The van der Waals surface area contributed by atoms with E-state index in [0.717, 1.165) is 18.6 Å². The Morgan fingerprint density at radius 3 is 3.08 bits per heavy atom. The minimum absolute atomic E-state index is 0.118. The summed E-state index contributed by atoms with van der Waals surface area (Å²) >= 11 is 0. The van der Waals surface area contributed by atoms with Gasteiger partial charge in [0, 0.05) is 0 Å². The maximum Gasteiger partial charge on any atom is 0.0719 e. The predicted molar refractivity (Wildman–Crippen MR) is 45.7 cm³/mol. The van der Waals surface area contributed by atoms with Crippen LogP contribution in [0.25, 0.3) is 0 Å². The Bertz CT molecular complexity index is 281. The quantitative estimate of drug-likeness (QED) is 0.677. The zero-order chi connectivity index (χ0) is 8.39. The molecule has 1 aromatic rings. The average molecular weight is 164 g/mol. The van der Waals surface area contributed by atoms with Crippen LogP contribution in [0.5, 0.6) is 0 Å². The number of fused-ring (bicyclic) bond motifs is 1. The molecule has 1 aromatic carbocycles. The molecule has 1 aliphatic heterocycles. The maximum atomic E-state index is 8.90. The first-order valence-corrected chi connectivity index (χ1v) is 4.19. The largest absolute Gasteiger partial charge is 0.392 e. The Morgan fingerprint density at radius 1 is 1.33 bits per heavy atom. The molecule has 0 saturated heterocycles. The molecule has 1 N–H and O–H groups in total. The smallest absolute Gasteiger partial charge is 0.0719 e. The van der Waals surface area contributed by atoms with E-state index in [1.54, 1.807) is 0 Å². The summed E-state index contributed by atoms with van der Waals surface area (Å²) in [5, 5.41) is 8.90. The van der Waals surface area contributed by atoms with Crippen molar-refractivity contribution in [3.63, 3.8) is 0 Å². The average Bonchev–Trinajstić information content (AvgIpc) is 2.17. The zero-order valence-corrected chi connectivity index (χ0v) is 6.92. The maximum absolute atomic E-state index is 8.90. The molecule has 0 bridgehead atoms. The van der Waals surface area contributed by atoms with E-state index < -0.39 is 0 Å². The summed E-state index contributed by atoms with van der Waals surface area (Å²) in [6.45, 7) is 1.64. The van der Waals surface area contributed by atoms with Crippen LogP contribution < -0.4 is 0 Å². The van der Waals surface area contributed by atoms with Crippen LogP contribution in [0.2, 0.25) is 0 Å². The van der Waals surface area contributed by atoms with Crippen molar-refractivity contribution in [3.8, 4) is 0 Å². The summed E-state index contributed by atoms with van der Waals surface area (Å²) in [7, 11) is 0. The van der Waals surface area contributed by atoms with Crippen LogP contribution >= 0.6 is 0 Å². The molecule has 0 radical (unpaired) electrons. The molecule has 0 atom stereocenters. The van der Waals surface area contributed by atoms with Gasteiger partial charge >= 0.3 is 0 Å². The Hall–Kier alpha value is -0.860. The minimum Gasteiger partial charge on any atom is -0.392 e. The normalized spacial score (nSPS) is 15.8. The molecule has 64 valence electrons. The Balaban J connectivity index is 2.36. The number of aliphatic hydroxyl groups is 1. The predicted octanol–water partition coefficient (Wildman–Crippen LogP) is 1.25. The lowest BCUT2D eigenvalue weighted by molar-refractivity contribution is 0.110. The van der Waals surface area contributed by atoms with Crippen LogP contribution in [0.4, 0.5) is 0 Å². The van der Waals surface area contributed by atoms with E-state index in [0.29, 0.717) is 6.61 Å². The standard InChI is InChI=1S/C10H12O2/c11-6-8-1-2-9-3-4-12-7-10(9)5-8/h1-2,5,11H,3-4,6-7H2. The number of rotatable bonds is 1. The van der Waals surface area contributed by atoms with Crippen LogP contribution in [0, 0.1) is 0 Å². The molecule has 0 amide bonds. The highest BCUT2D eigenvalue weighted by molar-refractivity contribution is 5.32. The first-order valence-electron chi connectivity index (χ1n) is 4.19. The summed E-state index contributed by atoms with van der Waals surface area (Å²) in [4.78, 5) is 0. The van der Waals surface area contributed by atoms with E-state index >= 15 is 0 Å². The van der Waals surface area contributed by atoms with E-state index in [9.17, 15) is 0 Å². The molecular weight excluding hydrogens is 152 g/mol. The molecule has 1 heterocycles. The Kier molecular flexibility index (Phi) is 2.11. The van der Waals surface area contributed by atoms with Crippen molar-refractivity contribution in [1.82, 2.24) is 0 Å². The van der Waals surface area contributed by atoms with Gasteiger partial charge in [-0.15, -0.1) is 0 Å². The van der Waals surface area contributed by atoms with Gasteiger partial charge in [-0.3, -0.25) is 0 Å². The number of hydrogen-bond donors (Lipinski definition) is 1. The van der Waals surface area contributed by atoms with E-state index in [-0.39, 0.29) is 6.61 Å². The second-order valence-electron chi connectivity index (χ2n) is 3.06. The highest BCUT2D eigenvalue weighted by Gasteiger charge is 2.08. The lowest BCUT2D eigenvalue weighted by Crippen LogP contribution is -2.09. The fourth-order valence-electron chi connectivity index (χ4n) is 1.52. The fraction of sp³-hybridized carbons (Fsp3) is 0.400. The second kappa shape index (κ2) is 3.25. The van der Waals surface area contributed by atoms with Gasteiger partial charge < -0.3 is 9.84 Å². The van der Waals surface area contributed by atoms with Gasteiger partial charge in [-0.05, 0) is 23.1 Å². The molecule has 2 nitrogen and oxygen atoms in total. The lowest BCUT2D eigenvalue weighted by Gasteiger charge is -2.16. The topological polar surface area (TPSA) is 29.5 Å². The van der Waals surface area contributed by atoms with E-state index in [2.05, 4.69) is 6.07 Å². The van der Waals surface area contributed by atoms with Crippen molar-refractivity contribution in [2.75, 3.05) is 6.61 Å². The van der Waals surface area contributed by atoms with Gasteiger partial charge in [0.05, 0.1) is 19.8 Å². The molecule has 12 heavy (non-hydrogen) atoms. The summed E-state index contributed by atoms with van der Waals surface area (Å²) < 4.78 is 5.31. The van der Waals surface area contributed by atoms with Crippen molar-refractivity contribution in [3.05, 3.63) is 34.9 Å². The third-order valence-electron chi connectivity index (χ3n) is 2.23. The number of ether oxygens (including phenoxy) is 1. The third-order valence-corrected chi connectivity index (χ3v) is 2.23. The minimum atomic E-state index is 0.118. The van der Waals surface area contributed by atoms with Crippen molar-refractivity contribution in [1.29, 1.82) is 0 Å². The lowest BCUT2D eigenvalue weighted by atomic mass is 10.0. The number of aliphatic hydroxyl groups excluding tert-OH is 1. The van der Waals surface area contributed by atoms with Crippen LogP contribution in [0.3, 0.4) is 0 Å². The van der Waals surface area contributed by atoms with E-state index in [4.69, 9.17) is 9.84 Å².